The summed E-state index contributed by atoms with van der Waals surface area (Å²) in [6, 6.07) is 3.95. The van der Waals surface area contributed by atoms with Crippen molar-refractivity contribution in [3.63, 3.8) is 0 Å². The van der Waals surface area contributed by atoms with Crippen LogP contribution in [0.5, 0.6) is 0 Å². The van der Waals surface area contributed by atoms with Gasteiger partial charge in [-0.2, -0.15) is 13.2 Å². The maximum absolute atomic E-state index is 12.5. The van der Waals surface area contributed by atoms with Gasteiger partial charge in [-0.05, 0) is 31.5 Å². The van der Waals surface area contributed by atoms with Crippen LogP contribution in [0.3, 0.4) is 0 Å². The summed E-state index contributed by atoms with van der Waals surface area (Å²) < 4.78 is 43.0. The second-order valence-corrected chi connectivity index (χ2v) is 5.36. The number of carbonyl (C=O) groups is 1. The maximum Gasteiger partial charge on any atom is 0.416 e. The fourth-order valence-corrected chi connectivity index (χ4v) is 2.37. The fourth-order valence-electron chi connectivity index (χ4n) is 2.37. The van der Waals surface area contributed by atoms with Crippen LogP contribution in [0.4, 0.5) is 13.2 Å². The van der Waals surface area contributed by atoms with E-state index < -0.39 is 17.8 Å². The van der Waals surface area contributed by atoms with Crippen LogP contribution in [0.15, 0.2) is 24.3 Å². The summed E-state index contributed by atoms with van der Waals surface area (Å²) in [4.78, 5) is 12.2. The molecule has 2 rings (SSSR count). The quantitative estimate of drug-likeness (QED) is 0.899. The highest BCUT2D eigenvalue weighted by Gasteiger charge is 2.31. The highest BCUT2D eigenvalue weighted by atomic mass is 19.4. The van der Waals surface area contributed by atoms with Gasteiger partial charge in [0.25, 0.3) is 0 Å². The normalized spacial score (nSPS) is 23.9. The van der Waals surface area contributed by atoms with Crippen LogP contribution in [0.25, 0.3) is 0 Å². The largest absolute Gasteiger partial charge is 0.416 e. The summed E-state index contributed by atoms with van der Waals surface area (Å²) in [6.07, 6.45) is -4.60. The molecule has 1 saturated heterocycles. The van der Waals surface area contributed by atoms with E-state index in [2.05, 4.69) is 10.6 Å². The van der Waals surface area contributed by atoms with Gasteiger partial charge in [0.1, 0.15) is 6.04 Å². The Balaban J connectivity index is 1.99. The highest BCUT2D eigenvalue weighted by Crippen LogP contribution is 2.29. The number of carbonyl (C=O) groups excluding carboxylic acids is 1. The number of halogens is 3. The van der Waals surface area contributed by atoms with Crippen molar-refractivity contribution >= 4 is 5.91 Å². The molecule has 0 aromatic heterocycles. The number of rotatable bonds is 3. The van der Waals surface area contributed by atoms with Crippen LogP contribution in [0.2, 0.25) is 0 Å². The number of benzene rings is 1. The van der Waals surface area contributed by atoms with Crippen LogP contribution in [-0.2, 0) is 15.7 Å². The summed E-state index contributed by atoms with van der Waals surface area (Å²) in [5.74, 6) is -0.223. The Morgan fingerprint density at radius 2 is 2.00 bits per heavy atom. The van der Waals surface area contributed by atoms with Gasteiger partial charge in [0.15, 0.2) is 0 Å². The number of ether oxygens (including phenoxy) is 1. The number of hydrogen-bond acceptors (Lipinski definition) is 3. The molecule has 1 aromatic rings. The van der Waals surface area contributed by atoms with Crippen molar-refractivity contribution in [1.82, 2.24) is 10.6 Å². The van der Waals surface area contributed by atoms with E-state index in [-0.39, 0.29) is 18.1 Å². The third-order valence-corrected chi connectivity index (χ3v) is 3.70. The lowest BCUT2D eigenvalue weighted by molar-refractivity contribution is -0.137. The topological polar surface area (TPSA) is 50.4 Å². The summed E-state index contributed by atoms with van der Waals surface area (Å²) in [5, 5.41) is 5.86. The predicted molar refractivity (Wildman–Crippen MR) is 75.2 cm³/mol. The van der Waals surface area contributed by atoms with E-state index in [9.17, 15) is 18.0 Å². The van der Waals surface area contributed by atoms with Crippen LogP contribution < -0.4 is 10.6 Å². The maximum atomic E-state index is 12.5. The molecule has 3 atom stereocenters. The predicted octanol–water partition coefficient (Wildman–Crippen LogP) is 2.26. The Morgan fingerprint density at radius 1 is 1.36 bits per heavy atom. The van der Waals surface area contributed by atoms with Crippen molar-refractivity contribution in [2.45, 2.75) is 38.2 Å². The lowest BCUT2D eigenvalue weighted by Gasteiger charge is -2.30. The minimum atomic E-state index is -4.36. The molecule has 1 fully saturated rings. The lowest BCUT2D eigenvalue weighted by atomic mass is 10.0. The average Bonchev–Trinajstić information content (AvgIpc) is 2.46. The van der Waals surface area contributed by atoms with E-state index >= 15 is 0 Å². The zero-order valence-electron chi connectivity index (χ0n) is 12.4. The SMILES string of the molecule is CC(NC(=O)[C@H]1NCCO[C@@H]1C)c1ccc(C(F)(F)F)cc1. The minimum Gasteiger partial charge on any atom is -0.375 e. The van der Waals surface area contributed by atoms with Crippen molar-refractivity contribution in [2.75, 3.05) is 13.2 Å². The summed E-state index contributed by atoms with van der Waals surface area (Å²) in [5.41, 5.74) is -0.0866. The van der Waals surface area contributed by atoms with E-state index in [1.807, 2.05) is 0 Å². The minimum absolute atomic E-state index is 0.223. The molecule has 7 heteroatoms. The van der Waals surface area contributed by atoms with Gasteiger partial charge in [-0.3, -0.25) is 4.79 Å². The molecule has 1 heterocycles. The smallest absolute Gasteiger partial charge is 0.375 e. The molecule has 1 unspecified atom stereocenters. The first kappa shape index (κ1) is 16.8. The van der Waals surface area contributed by atoms with Crippen molar-refractivity contribution < 1.29 is 22.7 Å². The number of alkyl halides is 3. The molecule has 0 saturated carbocycles. The van der Waals surface area contributed by atoms with Gasteiger partial charge in [-0.1, -0.05) is 12.1 Å². The third-order valence-electron chi connectivity index (χ3n) is 3.70. The zero-order valence-corrected chi connectivity index (χ0v) is 12.4. The van der Waals surface area contributed by atoms with E-state index in [1.54, 1.807) is 13.8 Å². The van der Waals surface area contributed by atoms with Gasteiger partial charge in [0.2, 0.25) is 5.91 Å². The molecule has 2 N–H and O–H groups in total. The monoisotopic (exact) mass is 316 g/mol. The van der Waals surface area contributed by atoms with Gasteiger partial charge in [-0.15, -0.1) is 0 Å². The Morgan fingerprint density at radius 3 is 2.55 bits per heavy atom. The first-order valence-electron chi connectivity index (χ1n) is 7.11. The summed E-state index contributed by atoms with van der Waals surface area (Å²) in [7, 11) is 0. The number of hydrogen-bond donors (Lipinski definition) is 2. The fraction of sp³-hybridized carbons (Fsp3) is 0.533. The molecular weight excluding hydrogens is 297 g/mol. The Kier molecular flexibility index (Phi) is 5.08. The second-order valence-electron chi connectivity index (χ2n) is 5.36. The molecule has 1 aromatic carbocycles. The van der Waals surface area contributed by atoms with Crippen LogP contribution >= 0.6 is 0 Å². The Labute approximate surface area is 127 Å². The lowest BCUT2D eigenvalue weighted by Crippen LogP contribution is -2.55. The number of nitrogens with one attached hydrogen (secondary N) is 2. The summed E-state index contributed by atoms with van der Waals surface area (Å²) in [6.45, 7) is 4.69. The average molecular weight is 316 g/mol. The molecule has 0 spiro atoms. The molecule has 0 aliphatic carbocycles. The van der Waals surface area contributed by atoms with Gasteiger partial charge in [0, 0.05) is 6.54 Å². The van der Waals surface area contributed by atoms with Gasteiger partial charge >= 0.3 is 6.18 Å². The van der Waals surface area contributed by atoms with Crippen molar-refractivity contribution in [3.8, 4) is 0 Å². The number of morpholine rings is 1. The molecular formula is C15H19F3N2O2. The van der Waals surface area contributed by atoms with Crippen LogP contribution in [-0.4, -0.2) is 31.2 Å². The van der Waals surface area contributed by atoms with Gasteiger partial charge in [-0.25, -0.2) is 0 Å². The molecule has 1 aliphatic rings. The Hall–Kier alpha value is -1.60. The summed E-state index contributed by atoms with van der Waals surface area (Å²) >= 11 is 0. The number of amides is 1. The molecule has 22 heavy (non-hydrogen) atoms. The van der Waals surface area contributed by atoms with Crippen molar-refractivity contribution in [2.24, 2.45) is 0 Å². The molecule has 1 amide bonds. The van der Waals surface area contributed by atoms with E-state index in [1.165, 1.54) is 12.1 Å². The standard InChI is InChI=1S/C15H19F3N2O2/c1-9(11-3-5-12(6-4-11)15(16,17)18)20-14(21)13-10(2)22-8-7-19-13/h3-6,9-10,13,19H,7-8H2,1-2H3,(H,20,21)/t9?,10-,13+/m1/s1. The van der Waals surface area contributed by atoms with Crippen molar-refractivity contribution in [1.29, 1.82) is 0 Å². The second kappa shape index (κ2) is 6.66. The van der Waals surface area contributed by atoms with Crippen LogP contribution in [0, 0.1) is 0 Å². The first-order chi connectivity index (χ1) is 10.3. The van der Waals surface area contributed by atoms with Gasteiger partial charge in [0.05, 0.1) is 24.3 Å². The molecule has 122 valence electrons. The third kappa shape index (κ3) is 3.98. The van der Waals surface area contributed by atoms with E-state index in [0.717, 1.165) is 12.1 Å². The van der Waals surface area contributed by atoms with Crippen LogP contribution in [0.1, 0.15) is 31.0 Å². The molecule has 0 radical (unpaired) electrons. The first-order valence-corrected chi connectivity index (χ1v) is 7.11. The van der Waals surface area contributed by atoms with Crippen molar-refractivity contribution in [3.05, 3.63) is 35.4 Å². The molecule has 4 nitrogen and oxygen atoms in total. The van der Waals surface area contributed by atoms with Gasteiger partial charge < -0.3 is 15.4 Å². The highest BCUT2D eigenvalue weighted by molar-refractivity contribution is 5.82. The molecule has 0 bridgehead atoms. The molecule has 1 aliphatic heterocycles. The Bertz CT molecular complexity index is 517. The van der Waals surface area contributed by atoms with E-state index in [0.29, 0.717) is 18.7 Å². The van der Waals surface area contributed by atoms with E-state index in [4.69, 9.17) is 4.74 Å². The zero-order chi connectivity index (χ0) is 16.3.